The van der Waals surface area contributed by atoms with Gasteiger partial charge in [0.05, 0.1) is 16.0 Å². The number of carbonyl (C=O) groups is 2. The van der Waals surface area contributed by atoms with Crippen LogP contribution in [0, 0.1) is 22.5 Å². The first kappa shape index (κ1) is 21.3. The summed E-state index contributed by atoms with van der Waals surface area (Å²) in [5.74, 6) is 0.0506. The monoisotopic (exact) mass is 411 g/mol. The van der Waals surface area contributed by atoms with E-state index in [0.29, 0.717) is 29.2 Å². The number of rotatable bonds is 5. The van der Waals surface area contributed by atoms with Gasteiger partial charge in [0, 0.05) is 35.5 Å². The van der Waals surface area contributed by atoms with Crippen molar-refractivity contribution >= 4 is 28.9 Å². The van der Waals surface area contributed by atoms with Gasteiger partial charge in [-0.2, -0.15) is 0 Å². The van der Waals surface area contributed by atoms with Gasteiger partial charge in [-0.25, -0.2) is 0 Å². The molecule has 2 aromatic carbocycles. The van der Waals surface area contributed by atoms with E-state index >= 15 is 0 Å². The van der Waals surface area contributed by atoms with Crippen molar-refractivity contribution in [1.29, 1.82) is 0 Å². The summed E-state index contributed by atoms with van der Waals surface area (Å²) < 4.78 is 5.91. The van der Waals surface area contributed by atoms with E-state index in [1.165, 1.54) is 12.1 Å². The van der Waals surface area contributed by atoms with Gasteiger partial charge in [-0.3, -0.25) is 19.7 Å². The molecule has 8 nitrogen and oxygen atoms in total. The molecule has 8 heteroatoms. The number of hydrogen-bond acceptors (Lipinski definition) is 5. The molecule has 1 heterocycles. The van der Waals surface area contributed by atoms with Crippen LogP contribution >= 0.6 is 0 Å². The number of hydrogen-bond donors (Lipinski definition) is 1. The maximum absolute atomic E-state index is 12.9. The van der Waals surface area contributed by atoms with Gasteiger partial charge in [0.15, 0.2) is 0 Å². The lowest BCUT2D eigenvalue weighted by molar-refractivity contribution is -0.385. The first-order valence-electron chi connectivity index (χ1n) is 9.80. The van der Waals surface area contributed by atoms with E-state index in [-0.39, 0.29) is 23.8 Å². The third-order valence-corrected chi connectivity index (χ3v) is 5.11. The van der Waals surface area contributed by atoms with Gasteiger partial charge in [0.25, 0.3) is 11.6 Å². The van der Waals surface area contributed by atoms with Gasteiger partial charge in [-0.15, -0.1) is 0 Å². The summed E-state index contributed by atoms with van der Waals surface area (Å²) in [5.41, 5.74) is 0.892. The standard InChI is InChI=1S/C22H25N3O5/c1-5-11-24-18-10-9-15(12-19(18)30-13-22(3,4)21(24)27)23-20(26)16-7-6-8-17(14(16)2)25(28)29/h6-10,12H,5,11,13H2,1-4H3,(H,23,26). The molecule has 0 aliphatic carbocycles. The molecule has 1 aliphatic heterocycles. The van der Waals surface area contributed by atoms with Crippen molar-refractivity contribution in [1.82, 2.24) is 0 Å². The summed E-state index contributed by atoms with van der Waals surface area (Å²) in [6, 6.07) is 9.51. The fourth-order valence-corrected chi connectivity index (χ4v) is 3.44. The van der Waals surface area contributed by atoms with Gasteiger partial charge in [-0.05, 0) is 45.4 Å². The Morgan fingerprint density at radius 1 is 1.30 bits per heavy atom. The SMILES string of the molecule is CCCN1C(=O)C(C)(C)COc2cc(NC(=O)c3cccc([N+](=O)[O-])c3C)ccc21. The van der Waals surface area contributed by atoms with Crippen LogP contribution in [0.15, 0.2) is 36.4 Å². The van der Waals surface area contributed by atoms with Crippen LogP contribution in [0.2, 0.25) is 0 Å². The van der Waals surface area contributed by atoms with Crippen LogP contribution in [0.25, 0.3) is 0 Å². The largest absolute Gasteiger partial charge is 0.490 e. The molecule has 0 saturated carbocycles. The summed E-state index contributed by atoms with van der Waals surface area (Å²) in [4.78, 5) is 38.0. The minimum absolute atomic E-state index is 0.00731. The number of nitro benzene ring substituents is 1. The molecule has 1 N–H and O–H groups in total. The molecule has 2 aromatic rings. The molecule has 0 atom stereocenters. The third-order valence-electron chi connectivity index (χ3n) is 5.11. The second-order valence-electron chi connectivity index (χ2n) is 7.97. The van der Waals surface area contributed by atoms with Crippen molar-refractivity contribution in [3.63, 3.8) is 0 Å². The van der Waals surface area contributed by atoms with E-state index in [1.807, 2.05) is 20.8 Å². The quantitative estimate of drug-likeness (QED) is 0.583. The van der Waals surface area contributed by atoms with Gasteiger partial charge in [-0.1, -0.05) is 13.0 Å². The molecule has 2 amide bonds. The van der Waals surface area contributed by atoms with Crippen molar-refractivity contribution in [3.8, 4) is 5.75 Å². The zero-order valence-electron chi connectivity index (χ0n) is 17.5. The Balaban J connectivity index is 1.91. The predicted octanol–water partition coefficient (Wildman–Crippen LogP) is 4.32. The molecule has 0 unspecified atom stereocenters. The smallest absolute Gasteiger partial charge is 0.273 e. The van der Waals surface area contributed by atoms with E-state index < -0.39 is 16.2 Å². The Bertz CT molecular complexity index is 1020. The maximum atomic E-state index is 12.9. The number of nitro groups is 1. The molecule has 0 spiro atoms. The minimum Gasteiger partial charge on any atom is -0.490 e. The van der Waals surface area contributed by atoms with Crippen LogP contribution in [-0.4, -0.2) is 29.9 Å². The van der Waals surface area contributed by atoms with E-state index in [9.17, 15) is 19.7 Å². The van der Waals surface area contributed by atoms with Crippen molar-refractivity contribution < 1.29 is 19.2 Å². The Morgan fingerprint density at radius 2 is 2.03 bits per heavy atom. The molecule has 1 aliphatic rings. The first-order chi connectivity index (χ1) is 14.2. The van der Waals surface area contributed by atoms with Crippen LogP contribution in [0.5, 0.6) is 5.75 Å². The molecule has 158 valence electrons. The van der Waals surface area contributed by atoms with Crippen molar-refractivity contribution in [2.45, 2.75) is 34.1 Å². The maximum Gasteiger partial charge on any atom is 0.273 e. The average Bonchev–Trinajstić information content (AvgIpc) is 2.78. The molecular weight excluding hydrogens is 386 g/mol. The summed E-state index contributed by atoms with van der Waals surface area (Å²) in [6.07, 6.45) is 0.797. The Labute approximate surface area is 175 Å². The lowest BCUT2D eigenvalue weighted by atomic mass is 9.93. The van der Waals surface area contributed by atoms with Gasteiger partial charge in [0.1, 0.15) is 12.4 Å². The number of carbonyl (C=O) groups excluding carboxylic acids is 2. The van der Waals surface area contributed by atoms with Gasteiger partial charge >= 0.3 is 0 Å². The zero-order valence-corrected chi connectivity index (χ0v) is 17.5. The molecule has 0 saturated heterocycles. The molecule has 0 fully saturated rings. The number of amides is 2. The molecule has 30 heavy (non-hydrogen) atoms. The molecule has 0 bridgehead atoms. The minimum atomic E-state index is -0.669. The fraction of sp³-hybridized carbons (Fsp3) is 0.364. The van der Waals surface area contributed by atoms with Gasteiger partial charge in [0.2, 0.25) is 5.91 Å². The van der Waals surface area contributed by atoms with E-state index in [4.69, 9.17) is 4.74 Å². The average molecular weight is 411 g/mol. The van der Waals surface area contributed by atoms with E-state index in [1.54, 1.807) is 36.1 Å². The van der Waals surface area contributed by atoms with E-state index in [2.05, 4.69) is 5.32 Å². The highest BCUT2D eigenvalue weighted by atomic mass is 16.6. The van der Waals surface area contributed by atoms with Gasteiger partial charge < -0.3 is 15.0 Å². The lowest BCUT2D eigenvalue weighted by Gasteiger charge is -2.27. The highest BCUT2D eigenvalue weighted by Crippen LogP contribution is 2.38. The molecule has 3 rings (SSSR count). The number of anilines is 2. The van der Waals surface area contributed by atoms with Crippen LogP contribution in [0.1, 0.15) is 43.1 Å². The number of nitrogens with zero attached hydrogens (tertiary/aromatic N) is 2. The summed E-state index contributed by atoms with van der Waals surface area (Å²) in [7, 11) is 0. The normalized spacial score (nSPS) is 15.1. The van der Waals surface area contributed by atoms with E-state index in [0.717, 1.165) is 6.42 Å². The highest BCUT2D eigenvalue weighted by molar-refractivity contribution is 6.06. The Hall–Kier alpha value is -3.42. The fourth-order valence-electron chi connectivity index (χ4n) is 3.44. The van der Waals surface area contributed by atoms with Crippen molar-refractivity contribution in [2.75, 3.05) is 23.4 Å². The molecular formula is C22H25N3O5. The first-order valence-corrected chi connectivity index (χ1v) is 9.80. The topological polar surface area (TPSA) is 102 Å². The van der Waals surface area contributed by atoms with Crippen LogP contribution in [-0.2, 0) is 4.79 Å². The third kappa shape index (κ3) is 3.98. The number of nitrogens with one attached hydrogen (secondary N) is 1. The van der Waals surface area contributed by atoms with Crippen LogP contribution in [0.4, 0.5) is 17.1 Å². The number of fused-ring (bicyclic) bond motifs is 1. The summed E-state index contributed by atoms with van der Waals surface area (Å²) in [5, 5.41) is 13.9. The van der Waals surface area contributed by atoms with Crippen LogP contribution < -0.4 is 15.0 Å². The second-order valence-corrected chi connectivity index (χ2v) is 7.97. The number of ether oxygens (including phenoxy) is 1. The second kappa shape index (κ2) is 8.14. The Morgan fingerprint density at radius 3 is 2.70 bits per heavy atom. The van der Waals surface area contributed by atoms with Crippen molar-refractivity contribution in [2.24, 2.45) is 5.41 Å². The number of benzene rings is 2. The molecule has 0 aromatic heterocycles. The Kier molecular flexibility index (Phi) is 5.78. The summed E-state index contributed by atoms with van der Waals surface area (Å²) >= 11 is 0. The molecule has 0 radical (unpaired) electrons. The van der Waals surface area contributed by atoms with Crippen molar-refractivity contribution in [3.05, 3.63) is 57.6 Å². The van der Waals surface area contributed by atoms with Crippen LogP contribution in [0.3, 0.4) is 0 Å². The zero-order chi connectivity index (χ0) is 22.1. The predicted molar refractivity (Wildman–Crippen MR) is 114 cm³/mol. The highest BCUT2D eigenvalue weighted by Gasteiger charge is 2.37. The lowest BCUT2D eigenvalue weighted by Crippen LogP contribution is -2.42. The summed E-state index contributed by atoms with van der Waals surface area (Å²) in [6.45, 7) is 8.03.